The molecule has 0 atom stereocenters. The molecule has 0 aliphatic rings. The van der Waals surface area contributed by atoms with Crippen LogP contribution in [0, 0.1) is 13.8 Å². The minimum atomic E-state index is -0.442. The molecular formula is C22H22N2O3S. The Kier molecular flexibility index (Phi) is 5.90. The predicted molar refractivity (Wildman–Crippen MR) is 112 cm³/mol. The van der Waals surface area contributed by atoms with Crippen molar-refractivity contribution >= 4 is 28.9 Å². The summed E-state index contributed by atoms with van der Waals surface area (Å²) in [5, 5.41) is 3.70. The lowest BCUT2D eigenvalue weighted by atomic mass is 10.1. The van der Waals surface area contributed by atoms with Gasteiger partial charge in [-0.15, -0.1) is 11.3 Å². The number of nitrogens with one attached hydrogen (secondary N) is 1. The maximum Gasteiger partial charge on any atom is 0.337 e. The number of amides is 1. The normalized spacial score (nSPS) is 10.6. The Labute approximate surface area is 168 Å². The summed E-state index contributed by atoms with van der Waals surface area (Å²) < 4.78 is 4.75. The average molecular weight is 394 g/mol. The van der Waals surface area contributed by atoms with Gasteiger partial charge in [0.05, 0.1) is 18.4 Å². The highest BCUT2D eigenvalue weighted by Gasteiger charge is 2.18. The van der Waals surface area contributed by atoms with Gasteiger partial charge in [-0.3, -0.25) is 4.79 Å². The summed E-state index contributed by atoms with van der Waals surface area (Å²) in [6.07, 6.45) is 0.981. The molecular weight excluding hydrogens is 372 g/mol. The fourth-order valence-corrected chi connectivity index (χ4v) is 3.76. The number of methoxy groups -OCH3 is 1. The lowest BCUT2D eigenvalue weighted by Crippen LogP contribution is -2.13. The number of esters is 1. The van der Waals surface area contributed by atoms with Crippen molar-refractivity contribution in [3.05, 3.63) is 69.7 Å². The number of hydrogen-bond donors (Lipinski definition) is 1. The molecule has 3 rings (SSSR count). The van der Waals surface area contributed by atoms with Crippen LogP contribution in [0.25, 0.3) is 10.6 Å². The molecule has 1 amide bonds. The second kappa shape index (κ2) is 8.35. The first-order chi connectivity index (χ1) is 13.4. The molecule has 0 aliphatic heterocycles. The zero-order valence-electron chi connectivity index (χ0n) is 16.3. The monoisotopic (exact) mass is 394 g/mol. The van der Waals surface area contributed by atoms with Gasteiger partial charge in [0.1, 0.15) is 9.88 Å². The molecule has 1 N–H and O–H groups in total. The molecule has 0 fully saturated rings. The Morgan fingerprint density at radius 3 is 2.46 bits per heavy atom. The van der Waals surface area contributed by atoms with Crippen LogP contribution in [0.3, 0.4) is 0 Å². The fraction of sp³-hybridized carbons (Fsp3) is 0.227. The minimum absolute atomic E-state index is 0.239. The molecule has 5 nitrogen and oxygen atoms in total. The predicted octanol–water partition coefficient (Wildman–Crippen LogP) is 5.03. The van der Waals surface area contributed by atoms with E-state index in [2.05, 4.69) is 29.4 Å². The van der Waals surface area contributed by atoms with Crippen LogP contribution in [0.4, 0.5) is 5.69 Å². The summed E-state index contributed by atoms with van der Waals surface area (Å²) in [6.45, 7) is 5.81. The van der Waals surface area contributed by atoms with Gasteiger partial charge in [-0.05, 0) is 43.5 Å². The van der Waals surface area contributed by atoms with E-state index in [0.717, 1.165) is 22.6 Å². The molecule has 0 spiro atoms. The molecule has 1 aromatic heterocycles. The van der Waals surface area contributed by atoms with E-state index in [9.17, 15) is 9.59 Å². The van der Waals surface area contributed by atoms with Gasteiger partial charge in [0, 0.05) is 11.3 Å². The van der Waals surface area contributed by atoms with Gasteiger partial charge >= 0.3 is 5.97 Å². The first kappa shape index (κ1) is 19.8. The van der Waals surface area contributed by atoms with E-state index in [0.29, 0.717) is 21.8 Å². The maximum absolute atomic E-state index is 12.8. The molecule has 2 aromatic carbocycles. The van der Waals surface area contributed by atoms with Gasteiger partial charge in [0.25, 0.3) is 5.91 Å². The third-order valence-electron chi connectivity index (χ3n) is 4.52. The molecule has 144 valence electrons. The van der Waals surface area contributed by atoms with E-state index in [-0.39, 0.29) is 5.91 Å². The quantitative estimate of drug-likeness (QED) is 0.617. The van der Waals surface area contributed by atoms with Crippen LogP contribution >= 0.6 is 11.3 Å². The van der Waals surface area contributed by atoms with E-state index >= 15 is 0 Å². The molecule has 0 unspecified atom stereocenters. The maximum atomic E-state index is 12.8. The Hall–Kier alpha value is -2.99. The van der Waals surface area contributed by atoms with Crippen molar-refractivity contribution in [2.45, 2.75) is 27.2 Å². The standard InChI is InChI=1S/C22H22N2O3S/c1-5-15-7-10-16(11-8-15)21-23-14(3)19(28-21)20(25)24-18-12-17(22(26)27-4)9-6-13(18)2/h6-12H,5H2,1-4H3,(H,24,25). The lowest BCUT2D eigenvalue weighted by molar-refractivity contribution is 0.0600. The number of benzene rings is 2. The van der Waals surface area contributed by atoms with Crippen LogP contribution in [0.1, 0.15) is 43.8 Å². The summed E-state index contributed by atoms with van der Waals surface area (Å²) in [7, 11) is 1.33. The molecule has 3 aromatic rings. The van der Waals surface area contributed by atoms with Crippen molar-refractivity contribution in [3.8, 4) is 10.6 Å². The van der Waals surface area contributed by atoms with E-state index in [1.165, 1.54) is 24.0 Å². The largest absolute Gasteiger partial charge is 0.465 e. The minimum Gasteiger partial charge on any atom is -0.465 e. The highest BCUT2D eigenvalue weighted by atomic mass is 32.1. The molecule has 0 saturated heterocycles. The third kappa shape index (κ3) is 4.12. The Bertz CT molecular complexity index is 1020. The topological polar surface area (TPSA) is 68.3 Å². The second-order valence-corrected chi connectivity index (χ2v) is 7.46. The van der Waals surface area contributed by atoms with Crippen molar-refractivity contribution in [2.24, 2.45) is 0 Å². The Morgan fingerprint density at radius 2 is 1.82 bits per heavy atom. The number of rotatable bonds is 5. The molecule has 0 radical (unpaired) electrons. The van der Waals surface area contributed by atoms with Gasteiger partial charge in [0.2, 0.25) is 0 Å². The smallest absolute Gasteiger partial charge is 0.337 e. The average Bonchev–Trinajstić information content (AvgIpc) is 3.10. The summed E-state index contributed by atoms with van der Waals surface area (Å²) >= 11 is 1.36. The van der Waals surface area contributed by atoms with Gasteiger partial charge < -0.3 is 10.1 Å². The van der Waals surface area contributed by atoms with E-state index < -0.39 is 5.97 Å². The molecule has 0 saturated carbocycles. The van der Waals surface area contributed by atoms with Crippen LogP contribution in [-0.4, -0.2) is 24.0 Å². The van der Waals surface area contributed by atoms with Crippen molar-refractivity contribution in [1.82, 2.24) is 4.98 Å². The second-order valence-electron chi connectivity index (χ2n) is 6.46. The van der Waals surface area contributed by atoms with Gasteiger partial charge in [-0.2, -0.15) is 0 Å². The van der Waals surface area contributed by atoms with Crippen LogP contribution in [0.2, 0.25) is 0 Å². The number of ether oxygens (including phenoxy) is 1. The van der Waals surface area contributed by atoms with Crippen LogP contribution in [-0.2, 0) is 11.2 Å². The molecule has 6 heteroatoms. The number of carbonyl (C=O) groups is 2. The van der Waals surface area contributed by atoms with Crippen LogP contribution < -0.4 is 5.32 Å². The summed E-state index contributed by atoms with van der Waals surface area (Å²) in [5.41, 5.74) is 4.76. The number of aromatic nitrogens is 1. The Morgan fingerprint density at radius 1 is 1.11 bits per heavy atom. The molecule has 0 bridgehead atoms. The lowest BCUT2D eigenvalue weighted by Gasteiger charge is -2.09. The highest BCUT2D eigenvalue weighted by Crippen LogP contribution is 2.29. The van der Waals surface area contributed by atoms with E-state index in [1.807, 2.05) is 26.0 Å². The van der Waals surface area contributed by atoms with Crippen LogP contribution in [0.15, 0.2) is 42.5 Å². The first-order valence-corrected chi connectivity index (χ1v) is 9.81. The number of thiazole rings is 1. The Balaban J connectivity index is 1.85. The SMILES string of the molecule is CCc1ccc(-c2nc(C)c(C(=O)Nc3cc(C(=O)OC)ccc3C)s2)cc1. The van der Waals surface area contributed by atoms with E-state index in [1.54, 1.807) is 18.2 Å². The summed E-state index contributed by atoms with van der Waals surface area (Å²) in [4.78, 5) is 29.7. The number of aryl methyl sites for hydroxylation is 3. The number of anilines is 1. The zero-order chi connectivity index (χ0) is 20.3. The third-order valence-corrected chi connectivity index (χ3v) is 5.72. The fourth-order valence-electron chi connectivity index (χ4n) is 2.79. The summed E-state index contributed by atoms with van der Waals surface area (Å²) in [6, 6.07) is 13.3. The van der Waals surface area contributed by atoms with E-state index in [4.69, 9.17) is 4.74 Å². The summed E-state index contributed by atoms with van der Waals surface area (Å²) in [5.74, 6) is -0.682. The van der Waals surface area contributed by atoms with Crippen molar-refractivity contribution in [1.29, 1.82) is 0 Å². The number of hydrogen-bond acceptors (Lipinski definition) is 5. The van der Waals surface area contributed by atoms with Crippen molar-refractivity contribution in [2.75, 3.05) is 12.4 Å². The van der Waals surface area contributed by atoms with Gasteiger partial charge in [0.15, 0.2) is 0 Å². The molecule has 0 aliphatic carbocycles. The number of carbonyl (C=O) groups excluding carboxylic acids is 2. The molecule has 1 heterocycles. The van der Waals surface area contributed by atoms with Crippen LogP contribution in [0.5, 0.6) is 0 Å². The van der Waals surface area contributed by atoms with Gasteiger partial charge in [-0.1, -0.05) is 37.3 Å². The van der Waals surface area contributed by atoms with Crippen molar-refractivity contribution < 1.29 is 14.3 Å². The molecule has 28 heavy (non-hydrogen) atoms. The van der Waals surface area contributed by atoms with Crippen molar-refractivity contribution in [3.63, 3.8) is 0 Å². The zero-order valence-corrected chi connectivity index (χ0v) is 17.1. The highest BCUT2D eigenvalue weighted by molar-refractivity contribution is 7.17. The first-order valence-electron chi connectivity index (χ1n) is 9.00. The van der Waals surface area contributed by atoms with Gasteiger partial charge in [-0.25, -0.2) is 9.78 Å². The number of nitrogens with zero attached hydrogens (tertiary/aromatic N) is 1.